The van der Waals surface area contributed by atoms with Crippen molar-refractivity contribution in [3.63, 3.8) is 0 Å². The molecule has 0 heterocycles. The van der Waals surface area contributed by atoms with Crippen molar-refractivity contribution >= 4 is 0 Å². The van der Waals surface area contributed by atoms with Crippen LogP contribution in [0.3, 0.4) is 0 Å². The zero-order chi connectivity index (χ0) is 10.9. The van der Waals surface area contributed by atoms with Crippen LogP contribution in [0.25, 0.3) is 0 Å². The van der Waals surface area contributed by atoms with Crippen molar-refractivity contribution in [2.75, 3.05) is 7.05 Å². The van der Waals surface area contributed by atoms with Crippen LogP contribution in [-0.2, 0) is 4.74 Å². The number of ether oxygens (including phenoxy) is 1. The molecular formula is C7H13F4NO. The van der Waals surface area contributed by atoms with Gasteiger partial charge in [-0.3, -0.25) is 4.74 Å². The van der Waals surface area contributed by atoms with Crippen LogP contribution in [0.5, 0.6) is 0 Å². The average molecular weight is 203 g/mol. The topological polar surface area (TPSA) is 21.3 Å². The third-order valence-corrected chi connectivity index (χ3v) is 1.73. The molecule has 0 radical (unpaired) electrons. The standard InChI is InChI=1S/C7H13F4NO/c1-5(2,6(3,8)9)13-7(10,11)12-4/h12H,1-4H3. The fourth-order valence-corrected chi connectivity index (χ4v) is 0.461. The lowest BCUT2D eigenvalue weighted by molar-refractivity contribution is -0.339. The molecule has 0 atom stereocenters. The zero-order valence-corrected chi connectivity index (χ0v) is 7.92. The van der Waals surface area contributed by atoms with Gasteiger partial charge in [-0.1, -0.05) is 0 Å². The van der Waals surface area contributed by atoms with Gasteiger partial charge < -0.3 is 0 Å². The quantitative estimate of drug-likeness (QED) is 0.429. The second kappa shape index (κ2) is 3.42. The van der Waals surface area contributed by atoms with Gasteiger partial charge in [-0.25, -0.2) is 14.1 Å². The Morgan fingerprint density at radius 3 is 1.62 bits per heavy atom. The van der Waals surface area contributed by atoms with Crippen molar-refractivity contribution in [2.24, 2.45) is 0 Å². The van der Waals surface area contributed by atoms with Crippen molar-refractivity contribution in [3.8, 4) is 0 Å². The summed E-state index contributed by atoms with van der Waals surface area (Å²) in [7, 11) is 0.921. The van der Waals surface area contributed by atoms with E-state index in [9.17, 15) is 17.6 Å². The van der Waals surface area contributed by atoms with Gasteiger partial charge in [-0.05, 0) is 20.9 Å². The molecule has 0 aromatic rings. The predicted octanol–water partition coefficient (Wildman–Crippen LogP) is 2.21. The van der Waals surface area contributed by atoms with Gasteiger partial charge in [0.1, 0.15) is 5.60 Å². The summed E-state index contributed by atoms with van der Waals surface area (Å²) in [6, 6.07) is 0. The third kappa shape index (κ3) is 3.48. The summed E-state index contributed by atoms with van der Waals surface area (Å²) in [5.41, 5.74) is -2.22. The first-order chi connectivity index (χ1) is 5.52. The van der Waals surface area contributed by atoms with Crippen molar-refractivity contribution in [1.82, 2.24) is 5.32 Å². The number of hydrogen-bond donors (Lipinski definition) is 1. The van der Waals surface area contributed by atoms with E-state index in [0.29, 0.717) is 6.92 Å². The highest BCUT2D eigenvalue weighted by atomic mass is 19.3. The average Bonchev–Trinajstić information content (AvgIpc) is 1.83. The Balaban J connectivity index is 4.52. The fraction of sp³-hybridized carbons (Fsp3) is 1.00. The normalized spacial score (nSPS) is 14.8. The van der Waals surface area contributed by atoms with Gasteiger partial charge >= 0.3 is 6.23 Å². The van der Waals surface area contributed by atoms with Crippen LogP contribution >= 0.6 is 0 Å². The fourth-order valence-electron chi connectivity index (χ4n) is 0.461. The second-order valence-corrected chi connectivity index (χ2v) is 3.27. The predicted molar refractivity (Wildman–Crippen MR) is 39.8 cm³/mol. The first kappa shape index (κ1) is 12.6. The highest BCUT2D eigenvalue weighted by Crippen LogP contribution is 2.34. The summed E-state index contributed by atoms with van der Waals surface area (Å²) in [6.07, 6.45) is -3.75. The number of rotatable bonds is 4. The largest absolute Gasteiger partial charge is 0.422 e. The molecule has 13 heavy (non-hydrogen) atoms. The summed E-state index contributed by atoms with van der Waals surface area (Å²) in [5.74, 6) is -3.34. The summed E-state index contributed by atoms with van der Waals surface area (Å²) >= 11 is 0. The molecule has 0 saturated heterocycles. The molecule has 0 aliphatic heterocycles. The van der Waals surface area contributed by atoms with E-state index in [4.69, 9.17) is 0 Å². The molecule has 0 unspecified atom stereocenters. The molecule has 0 aliphatic carbocycles. The number of halogens is 4. The number of hydrogen-bond acceptors (Lipinski definition) is 2. The Kier molecular flexibility index (Phi) is 3.32. The van der Waals surface area contributed by atoms with E-state index < -0.39 is 17.8 Å². The van der Waals surface area contributed by atoms with Gasteiger partial charge in [-0.15, -0.1) is 0 Å². The monoisotopic (exact) mass is 203 g/mol. The first-order valence-corrected chi connectivity index (χ1v) is 3.66. The van der Waals surface area contributed by atoms with E-state index in [1.165, 1.54) is 5.32 Å². The Morgan fingerprint density at radius 2 is 1.38 bits per heavy atom. The van der Waals surface area contributed by atoms with E-state index in [-0.39, 0.29) is 0 Å². The molecule has 0 spiro atoms. The lowest BCUT2D eigenvalue weighted by Crippen LogP contribution is -2.51. The Labute approximate surface area is 74.3 Å². The third-order valence-electron chi connectivity index (χ3n) is 1.73. The van der Waals surface area contributed by atoms with Gasteiger partial charge in [0.25, 0.3) is 5.92 Å². The van der Waals surface area contributed by atoms with Crippen LogP contribution in [0, 0.1) is 0 Å². The molecule has 80 valence electrons. The van der Waals surface area contributed by atoms with Gasteiger partial charge in [0.05, 0.1) is 0 Å². The Morgan fingerprint density at radius 1 is 1.00 bits per heavy atom. The van der Waals surface area contributed by atoms with E-state index in [1.807, 2.05) is 0 Å². The summed E-state index contributed by atoms with van der Waals surface area (Å²) in [5, 5.41) is 1.48. The molecule has 6 heteroatoms. The molecule has 0 aliphatic rings. The zero-order valence-electron chi connectivity index (χ0n) is 7.92. The SMILES string of the molecule is CNC(F)(F)OC(C)(C)C(C)(F)F. The Bertz CT molecular complexity index is 176. The highest BCUT2D eigenvalue weighted by Gasteiger charge is 2.49. The molecule has 0 aromatic carbocycles. The van der Waals surface area contributed by atoms with Crippen molar-refractivity contribution in [1.29, 1.82) is 0 Å². The maximum Gasteiger partial charge on any atom is 0.422 e. The van der Waals surface area contributed by atoms with Crippen LogP contribution in [0.2, 0.25) is 0 Å². The second-order valence-electron chi connectivity index (χ2n) is 3.27. The summed E-state index contributed by atoms with van der Waals surface area (Å²) < 4.78 is 54.3. The van der Waals surface area contributed by atoms with E-state index in [1.54, 1.807) is 0 Å². The molecule has 0 aromatic heterocycles. The lowest BCUT2D eigenvalue weighted by Gasteiger charge is -2.34. The van der Waals surface area contributed by atoms with Crippen molar-refractivity contribution in [3.05, 3.63) is 0 Å². The summed E-state index contributed by atoms with van der Waals surface area (Å²) in [6.45, 7) is 2.33. The molecule has 0 fully saturated rings. The number of alkyl halides is 4. The van der Waals surface area contributed by atoms with Gasteiger partial charge in [0.15, 0.2) is 0 Å². The van der Waals surface area contributed by atoms with Crippen LogP contribution in [-0.4, -0.2) is 24.8 Å². The minimum Gasteiger partial charge on any atom is -0.295 e. The minimum atomic E-state index is -3.75. The molecule has 1 N–H and O–H groups in total. The molecule has 2 nitrogen and oxygen atoms in total. The van der Waals surface area contributed by atoms with Crippen molar-refractivity contribution < 1.29 is 22.3 Å². The van der Waals surface area contributed by atoms with Crippen LogP contribution in [0.15, 0.2) is 0 Å². The Hall–Kier alpha value is -0.360. The maximum absolute atomic E-state index is 12.7. The van der Waals surface area contributed by atoms with Crippen LogP contribution in [0.1, 0.15) is 20.8 Å². The first-order valence-electron chi connectivity index (χ1n) is 3.66. The molecule has 0 rings (SSSR count). The maximum atomic E-state index is 12.7. The highest BCUT2D eigenvalue weighted by molar-refractivity contribution is 4.83. The molecule has 0 saturated carbocycles. The van der Waals surface area contributed by atoms with Gasteiger partial charge in [0.2, 0.25) is 0 Å². The lowest BCUT2D eigenvalue weighted by atomic mass is 10.0. The minimum absolute atomic E-state index is 0.527. The van der Waals surface area contributed by atoms with E-state index in [2.05, 4.69) is 4.74 Å². The molecule has 0 bridgehead atoms. The van der Waals surface area contributed by atoms with Gasteiger partial charge in [0, 0.05) is 6.92 Å². The number of nitrogens with one attached hydrogen (secondary N) is 1. The van der Waals surface area contributed by atoms with E-state index >= 15 is 0 Å². The van der Waals surface area contributed by atoms with Gasteiger partial charge in [-0.2, -0.15) is 8.78 Å². The van der Waals surface area contributed by atoms with Crippen molar-refractivity contribution in [2.45, 2.75) is 38.5 Å². The van der Waals surface area contributed by atoms with Crippen LogP contribution in [0.4, 0.5) is 17.6 Å². The smallest absolute Gasteiger partial charge is 0.295 e. The molecular weight excluding hydrogens is 190 g/mol. The summed E-state index contributed by atoms with van der Waals surface area (Å²) in [4.78, 5) is 0. The molecule has 0 amide bonds. The van der Waals surface area contributed by atoms with E-state index in [0.717, 1.165) is 20.9 Å². The van der Waals surface area contributed by atoms with Crippen LogP contribution < -0.4 is 5.32 Å².